The van der Waals surface area contributed by atoms with Gasteiger partial charge in [-0.3, -0.25) is 4.79 Å². The SMILES string of the molecule is CC.CSc1nc2c(F)c(Br)c(Cl)c(OC3COCC3CO)c2c(=O)[nH]1.[Pd]. The molecule has 1 aliphatic rings. The number of aromatic amines is 1. The fourth-order valence-electron chi connectivity index (χ4n) is 2.47. The van der Waals surface area contributed by atoms with E-state index in [1.54, 1.807) is 6.26 Å². The van der Waals surface area contributed by atoms with Crippen molar-refractivity contribution in [2.75, 3.05) is 26.1 Å². The van der Waals surface area contributed by atoms with Crippen molar-refractivity contribution < 1.29 is 39.4 Å². The van der Waals surface area contributed by atoms with Gasteiger partial charge in [0.15, 0.2) is 16.7 Å². The molecule has 1 aromatic heterocycles. The Balaban J connectivity index is 0.00000118. The smallest absolute Gasteiger partial charge is 0.263 e. The molecule has 154 valence electrons. The summed E-state index contributed by atoms with van der Waals surface area (Å²) >= 11 is 10.5. The number of benzene rings is 1. The van der Waals surface area contributed by atoms with Crippen LogP contribution in [0.15, 0.2) is 14.4 Å². The van der Waals surface area contributed by atoms with Gasteiger partial charge in [0.25, 0.3) is 5.56 Å². The van der Waals surface area contributed by atoms with Gasteiger partial charge in [0.1, 0.15) is 22.0 Å². The molecule has 0 aliphatic carbocycles. The molecule has 2 atom stereocenters. The Hall–Kier alpha value is -0.208. The monoisotopic (exact) mass is 574 g/mol. The second-order valence-electron chi connectivity index (χ2n) is 5.21. The molecule has 0 amide bonds. The number of aliphatic hydroxyl groups is 1. The molecule has 0 spiro atoms. The number of aliphatic hydroxyl groups excluding tert-OH is 1. The number of rotatable bonds is 4. The molecule has 3 rings (SSSR count). The van der Waals surface area contributed by atoms with Crippen molar-refractivity contribution in [2.45, 2.75) is 25.1 Å². The van der Waals surface area contributed by atoms with Crippen molar-refractivity contribution >= 4 is 50.2 Å². The van der Waals surface area contributed by atoms with Crippen LogP contribution in [0.25, 0.3) is 10.9 Å². The van der Waals surface area contributed by atoms with Crippen molar-refractivity contribution in [1.29, 1.82) is 0 Å². The maximum atomic E-state index is 14.5. The van der Waals surface area contributed by atoms with E-state index >= 15 is 0 Å². The van der Waals surface area contributed by atoms with Gasteiger partial charge in [-0.15, -0.1) is 0 Å². The summed E-state index contributed by atoms with van der Waals surface area (Å²) < 4.78 is 25.6. The Labute approximate surface area is 187 Å². The van der Waals surface area contributed by atoms with Crippen LogP contribution in [0.2, 0.25) is 5.02 Å². The molecule has 1 aliphatic heterocycles. The zero-order valence-corrected chi connectivity index (χ0v) is 19.5. The van der Waals surface area contributed by atoms with E-state index in [1.165, 1.54) is 11.8 Å². The van der Waals surface area contributed by atoms with Crippen molar-refractivity contribution in [3.8, 4) is 5.75 Å². The number of nitrogens with one attached hydrogen (secondary N) is 1. The minimum Gasteiger partial charge on any atom is -0.485 e. The molecule has 0 saturated carbocycles. The summed E-state index contributed by atoms with van der Waals surface area (Å²) in [7, 11) is 0. The fraction of sp³-hybridized carbons (Fsp3) is 0.500. The number of ether oxygens (including phenoxy) is 2. The molecule has 6 nitrogen and oxygen atoms in total. The van der Waals surface area contributed by atoms with Gasteiger partial charge in [0.05, 0.1) is 24.3 Å². The van der Waals surface area contributed by atoms with E-state index in [2.05, 4.69) is 25.9 Å². The zero-order chi connectivity index (χ0) is 19.4. The van der Waals surface area contributed by atoms with Gasteiger partial charge in [-0.2, -0.15) is 0 Å². The summed E-state index contributed by atoms with van der Waals surface area (Å²) in [6.45, 7) is 4.45. The van der Waals surface area contributed by atoms with E-state index in [0.717, 1.165) is 0 Å². The van der Waals surface area contributed by atoms with Crippen LogP contribution in [-0.2, 0) is 25.2 Å². The van der Waals surface area contributed by atoms with Crippen LogP contribution in [-0.4, -0.2) is 47.3 Å². The van der Waals surface area contributed by atoms with E-state index < -0.39 is 17.5 Å². The maximum absolute atomic E-state index is 14.5. The van der Waals surface area contributed by atoms with E-state index in [0.29, 0.717) is 6.61 Å². The van der Waals surface area contributed by atoms with Gasteiger partial charge in [-0.25, -0.2) is 9.37 Å². The Morgan fingerprint density at radius 3 is 2.74 bits per heavy atom. The topological polar surface area (TPSA) is 84.4 Å². The van der Waals surface area contributed by atoms with Crippen LogP contribution in [0, 0.1) is 11.7 Å². The molecule has 2 unspecified atom stereocenters. The number of hydrogen-bond donors (Lipinski definition) is 2. The largest absolute Gasteiger partial charge is 0.485 e. The number of thioether (sulfide) groups is 1. The molecule has 0 radical (unpaired) electrons. The van der Waals surface area contributed by atoms with Gasteiger partial charge in [-0.05, 0) is 22.2 Å². The third kappa shape index (κ3) is 5.05. The average Bonchev–Trinajstić information content (AvgIpc) is 3.11. The van der Waals surface area contributed by atoms with E-state index in [-0.39, 0.29) is 70.9 Å². The number of fused-ring (bicyclic) bond motifs is 1. The quantitative estimate of drug-likeness (QED) is 0.251. The number of aromatic nitrogens is 2. The first-order valence-electron chi connectivity index (χ1n) is 7.97. The molecule has 11 heteroatoms. The van der Waals surface area contributed by atoms with Gasteiger partial charge < -0.3 is 19.6 Å². The van der Waals surface area contributed by atoms with Gasteiger partial charge in [0.2, 0.25) is 0 Å². The number of halogens is 3. The van der Waals surface area contributed by atoms with Crippen molar-refractivity contribution in [3.05, 3.63) is 25.7 Å². The molecular formula is C16H19BrClFN2O4PdS. The molecule has 1 fully saturated rings. The first kappa shape index (κ1) is 24.8. The third-order valence-corrected chi connectivity index (χ3v) is 5.67. The normalized spacial score (nSPS) is 18.6. The summed E-state index contributed by atoms with van der Waals surface area (Å²) in [6.07, 6.45) is 1.22. The second-order valence-corrected chi connectivity index (χ2v) is 7.17. The molecule has 1 saturated heterocycles. The van der Waals surface area contributed by atoms with Crippen LogP contribution in [0.1, 0.15) is 13.8 Å². The van der Waals surface area contributed by atoms with Gasteiger partial charge in [-0.1, -0.05) is 37.2 Å². The Morgan fingerprint density at radius 1 is 1.48 bits per heavy atom. The standard InChI is InChI=1S/C14H13BrClFN2O4S.C2H6.Pd/c1-24-14-18-11-7(13(21)19-14)12(9(16)8(15)10(11)17)23-6-4-22-3-5(6)2-20;1-2;/h5-6,20H,2-4H2,1H3,(H,18,19,21);1-2H3;. The van der Waals surface area contributed by atoms with Crippen molar-refractivity contribution in [1.82, 2.24) is 9.97 Å². The maximum Gasteiger partial charge on any atom is 0.263 e. The Morgan fingerprint density at radius 2 is 2.15 bits per heavy atom. The molecular weight excluding hydrogens is 557 g/mol. The Kier molecular flexibility index (Phi) is 10.2. The molecule has 2 aromatic rings. The molecule has 2 heterocycles. The van der Waals surface area contributed by atoms with E-state index in [1.807, 2.05) is 13.8 Å². The van der Waals surface area contributed by atoms with Crippen molar-refractivity contribution in [2.24, 2.45) is 5.92 Å². The fourth-order valence-corrected chi connectivity index (χ4v) is 3.44. The van der Waals surface area contributed by atoms with Gasteiger partial charge >= 0.3 is 0 Å². The summed E-state index contributed by atoms with van der Waals surface area (Å²) in [5.41, 5.74) is -0.680. The summed E-state index contributed by atoms with van der Waals surface area (Å²) in [6, 6.07) is 0. The van der Waals surface area contributed by atoms with Crippen LogP contribution >= 0.6 is 39.3 Å². The predicted octanol–water partition coefficient (Wildman–Crippen LogP) is 3.61. The Bertz CT molecular complexity index is 858. The predicted molar refractivity (Wildman–Crippen MR) is 104 cm³/mol. The first-order valence-corrected chi connectivity index (χ1v) is 10.4. The van der Waals surface area contributed by atoms with Crippen molar-refractivity contribution in [3.63, 3.8) is 0 Å². The minimum absolute atomic E-state index is 0. The molecule has 1 aromatic carbocycles. The van der Waals surface area contributed by atoms with E-state index in [4.69, 9.17) is 21.1 Å². The van der Waals surface area contributed by atoms with E-state index in [9.17, 15) is 14.3 Å². The number of hydrogen-bond acceptors (Lipinski definition) is 6. The van der Waals surface area contributed by atoms with Crippen LogP contribution in [0.5, 0.6) is 5.75 Å². The van der Waals surface area contributed by atoms with Crippen LogP contribution in [0.4, 0.5) is 4.39 Å². The second kappa shape index (κ2) is 11.1. The zero-order valence-electron chi connectivity index (χ0n) is 14.8. The minimum atomic E-state index is -0.731. The molecule has 2 N–H and O–H groups in total. The van der Waals surface area contributed by atoms with Gasteiger partial charge in [0, 0.05) is 26.3 Å². The summed E-state index contributed by atoms with van der Waals surface area (Å²) in [4.78, 5) is 19.1. The van der Waals surface area contributed by atoms with Crippen LogP contribution < -0.4 is 10.3 Å². The molecule has 27 heavy (non-hydrogen) atoms. The summed E-state index contributed by atoms with van der Waals surface area (Å²) in [5, 5.41) is 9.53. The first-order chi connectivity index (χ1) is 12.5. The number of nitrogens with zero attached hydrogens (tertiary/aromatic N) is 1. The average molecular weight is 576 g/mol. The summed E-state index contributed by atoms with van der Waals surface area (Å²) in [5.74, 6) is -0.960. The third-order valence-electron chi connectivity index (χ3n) is 3.75. The number of H-pyrrole nitrogens is 1. The van der Waals surface area contributed by atoms with Crippen LogP contribution in [0.3, 0.4) is 0 Å². The molecule has 0 bridgehead atoms.